The first-order chi connectivity index (χ1) is 9.25. The van der Waals surface area contributed by atoms with E-state index in [2.05, 4.69) is 20.4 Å². The van der Waals surface area contributed by atoms with Crippen LogP contribution in [-0.2, 0) is 0 Å². The van der Waals surface area contributed by atoms with Gasteiger partial charge < -0.3 is 5.32 Å². The first kappa shape index (κ1) is 13.0. The Balaban J connectivity index is 1.82. The van der Waals surface area contributed by atoms with Crippen LogP contribution in [0.4, 0.5) is 5.82 Å². The molecule has 2 aromatic rings. The van der Waals surface area contributed by atoms with E-state index < -0.39 is 0 Å². The number of nitrogens with one attached hydrogen (secondary N) is 1. The van der Waals surface area contributed by atoms with Gasteiger partial charge in [0.05, 0.1) is 0 Å². The van der Waals surface area contributed by atoms with Crippen molar-refractivity contribution in [3.8, 4) is 0 Å². The smallest absolute Gasteiger partial charge is 0.255 e. The van der Waals surface area contributed by atoms with Gasteiger partial charge in [-0.3, -0.25) is 0 Å². The summed E-state index contributed by atoms with van der Waals surface area (Å²) in [6.07, 6.45) is 5.44. The fourth-order valence-corrected chi connectivity index (χ4v) is 3.69. The lowest BCUT2D eigenvalue weighted by Gasteiger charge is -2.22. The molecule has 0 aliphatic carbocycles. The Labute approximate surface area is 121 Å². The molecule has 3 heterocycles. The van der Waals surface area contributed by atoms with Gasteiger partial charge in [-0.1, -0.05) is 18.0 Å². The van der Waals surface area contributed by atoms with E-state index in [-0.39, 0.29) is 0 Å². The van der Waals surface area contributed by atoms with Crippen LogP contribution in [0.15, 0.2) is 6.33 Å². The summed E-state index contributed by atoms with van der Waals surface area (Å²) in [4.78, 5) is 8.29. The molecule has 1 N–H and O–H groups in total. The third kappa shape index (κ3) is 2.65. The van der Waals surface area contributed by atoms with Crippen LogP contribution >= 0.6 is 23.4 Å². The van der Waals surface area contributed by atoms with Crippen molar-refractivity contribution in [2.45, 2.75) is 31.4 Å². The highest BCUT2D eigenvalue weighted by molar-refractivity contribution is 7.99. The van der Waals surface area contributed by atoms with Gasteiger partial charge in [-0.15, -0.1) is 0 Å². The molecule has 1 atom stereocenters. The minimum atomic E-state index is 0.485. The highest BCUT2D eigenvalue weighted by atomic mass is 35.5. The summed E-state index contributed by atoms with van der Waals surface area (Å²) >= 11 is 8.18. The van der Waals surface area contributed by atoms with Crippen LogP contribution in [0, 0.1) is 6.92 Å². The number of anilines is 1. The number of fused-ring (bicyclic) bond motifs is 1. The SMILES string of the molecule is Cc1c(Cl)nc2ncnn2c1NCC1CCCCS1. The van der Waals surface area contributed by atoms with E-state index in [1.165, 1.54) is 31.3 Å². The van der Waals surface area contributed by atoms with E-state index in [4.69, 9.17) is 11.6 Å². The van der Waals surface area contributed by atoms with E-state index in [0.29, 0.717) is 16.2 Å². The number of hydrogen-bond acceptors (Lipinski definition) is 5. The molecule has 5 nitrogen and oxygen atoms in total. The van der Waals surface area contributed by atoms with Crippen LogP contribution in [0.3, 0.4) is 0 Å². The third-order valence-electron chi connectivity index (χ3n) is 3.38. The molecular weight excluding hydrogens is 282 g/mol. The van der Waals surface area contributed by atoms with Crippen molar-refractivity contribution in [1.29, 1.82) is 0 Å². The molecule has 0 radical (unpaired) electrons. The Morgan fingerprint density at radius 2 is 2.42 bits per heavy atom. The molecule has 102 valence electrons. The average Bonchev–Trinajstić information content (AvgIpc) is 2.88. The zero-order valence-corrected chi connectivity index (χ0v) is 12.3. The summed E-state index contributed by atoms with van der Waals surface area (Å²) in [7, 11) is 0. The number of rotatable bonds is 3. The molecule has 0 aromatic carbocycles. The first-order valence-electron chi connectivity index (χ1n) is 6.47. The normalized spacial score (nSPS) is 19.8. The number of aromatic nitrogens is 4. The van der Waals surface area contributed by atoms with Crippen molar-refractivity contribution in [3.63, 3.8) is 0 Å². The number of nitrogens with zero attached hydrogens (tertiary/aromatic N) is 4. The first-order valence-corrected chi connectivity index (χ1v) is 7.89. The van der Waals surface area contributed by atoms with E-state index in [1.54, 1.807) is 4.52 Å². The molecule has 1 unspecified atom stereocenters. The summed E-state index contributed by atoms with van der Waals surface area (Å²) in [6.45, 7) is 2.88. The van der Waals surface area contributed by atoms with Gasteiger partial charge in [-0.05, 0) is 25.5 Å². The molecule has 1 aliphatic rings. The van der Waals surface area contributed by atoms with Gasteiger partial charge >= 0.3 is 0 Å². The van der Waals surface area contributed by atoms with Gasteiger partial charge in [-0.2, -0.15) is 31.3 Å². The van der Waals surface area contributed by atoms with Crippen LogP contribution < -0.4 is 5.32 Å². The minimum absolute atomic E-state index is 0.485. The van der Waals surface area contributed by atoms with E-state index in [9.17, 15) is 0 Å². The Morgan fingerprint density at radius 3 is 3.21 bits per heavy atom. The lowest BCUT2D eigenvalue weighted by atomic mass is 10.2. The monoisotopic (exact) mass is 297 g/mol. The van der Waals surface area contributed by atoms with Gasteiger partial charge in [-0.25, -0.2) is 0 Å². The minimum Gasteiger partial charge on any atom is -0.368 e. The molecule has 0 bridgehead atoms. The second-order valence-electron chi connectivity index (χ2n) is 4.72. The van der Waals surface area contributed by atoms with Crippen molar-refractivity contribution in [2.24, 2.45) is 0 Å². The zero-order chi connectivity index (χ0) is 13.2. The van der Waals surface area contributed by atoms with E-state index >= 15 is 0 Å². The fraction of sp³-hybridized carbons (Fsp3) is 0.583. The number of hydrogen-bond donors (Lipinski definition) is 1. The molecule has 3 rings (SSSR count). The van der Waals surface area contributed by atoms with Crippen LogP contribution in [0.25, 0.3) is 5.78 Å². The van der Waals surface area contributed by atoms with Gasteiger partial charge in [0.15, 0.2) is 0 Å². The standard InChI is InChI=1S/C12H16ClN5S/c1-8-10(13)17-12-15-7-16-18(12)11(8)14-6-9-4-2-3-5-19-9/h7,9,14H,2-6H2,1H3. The van der Waals surface area contributed by atoms with Crippen LogP contribution in [0.2, 0.25) is 5.15 Å². The van der Waals surface area contributed by atoms with Crippen molar-refractivity contribution < 1.29 is 0 Å². The molecule has 0 spiro atoms. The van der Waals surface area contributed by atoms with Crippen LogP contribution in [-0.4, -0.2) is 37.1 Å². The summed E-state index contributed by atoms with van der Waals surface area (Å²) in [6, 6.07) is 0. The maximum absolute atomic E-state index is 6.13. The van der Waals surface area contributed by atoms with Gasteiger partial charge in [0.2, 0.25) is 0 Å². The van der Waals surface area contributed by atoms with Gasteiger partial charge in [0, 0.05) is 17.4 Å². The van der Waals surface area contributed by atoms with Crippen LogP contribution in [0.1, 0.15) is 24.8 Å². The summed E-state index contributed by atoms with van der Waals surface area (Å²) in [5, 5.41) is 8.82. The Hall–Kier alpha value is -1.01. The topological polar surface area (TPSA) is 55.1 Å². The summed E-state index contributed by atoms with van der Waals surface area (Å²) < 4.78 is 1.72. The van der Waals surface area contributed by atoms with Crippen molar-refractivity contribution in [1.82, 2.24) is 19.6 Å². The fourth-order valence-electron chi connectivity index (χ4n) is 2.28. The molecular formula is C12H16ClN5S. The molecule has 1 fully saturated rings. The maximum atomic E-state index is 6.13. The molecule has 2 aromatic heterocycles. The highest BCUT2D eigenvalue weighted by Gasteiger charge is 2.16. The molecule has 0 saturated carbocycles. The highest BCUT2D eigenvalue weighted by Crippen LogP contribution is 2.27. The molecule has 19 heavy (non-hydrogen) atoms. The second-order valence-corrected chi connectivity index (χ2v) is 6.48. The Morgan fingerprint density at radius 1 is 1.53 bits per heavy atom. The molecule has 7 heteroatoms. The largest absolute Gasteiger partial charge is 0.368 e. The Kier molecular flexibility index (Phi) is 3.79. The predicted octanol–water partition coefficient (Wildman–Crippen LogP) is 2.78. The second kappa shape index (κ2) is 5.54. The molecule has 1 saturated heterocycles. The zero-order valence-electron chi connectivity index (χ0n) is 10.8. The maximum Gasteiger partial charge on any atom is 0.255 e. The van der Waals surface area contributed by atoms with Crippen molar-refractivity contribution in [2.75, 3.05) is 17.6 Å². The van der Waals surface area contributed by atoms with E-state index in [0.717, 1.165) is 17.9 Å². The quantitative estimate of drug-likeness (QED) is 0.883. The third-order valence-corrected chi connectivity index (χ3v) is 5.14. The average molecular weight is 298 g/mol. The van der Waals surface area contributed by atoms with Crippen LogP contribution in [0.5, 0.6) is 0 Å². The number of halogens is 1. The number of thioether (sulfide) groups is 1. The van der Waals surface area contributed by atoms with Gasteiger partial charge in [0.25, 0.3) is 5.78 Å². The molecule has 0 amide bonds. The summed E-state index contributed by atoms with van der Waals surface area (Å²) in [5.74, 6) is 2.70. The lowest BCUT2D eigenvalue weighted by Crippen LogP contribution is -2.22. The van der Waals surface area contributed by atoms with E-state index in [1.807, 2.05) is 18.7 Å². The van der Waals surface area contributed by atoms with Crippen molar-refractivity contribution in [3.05, 3.63) is 17.0 Å². The predicted molar refractivity (Wildman–Crippen MR) is 79.1 cm³/mol. The van der Waals surface area contributed by atoms with Crippen molar-refractivity contribution >= 4 is 35.0 Å². The molecule has 1 aliphatic heterocycles. The summed E-state index contributed by atoms with van der Waals surface area (Å²) in [5.41, 5.74) is 0.917. The lowest BCUT2D eigenvalue weighted by molar-refractivity contribution is 0.675. The van der Waals surface area contributed by atoms with Gasteiger partial charge in [0.1, 0.15) is 17.3 Å². The Bertz CT molecular complexity index is 579.